The lowest BCUT2D eigenvalue weighted by molar-refractivity contribution is 0.104. The number of hydrogen-bond acceptors (Lipinski definition) is 2. The number of rotatable bonds is 6. The van der Waals surface area contributed by atoms with Crippen molar-refractivity contribution in [2.45, 2.75) is 44.3 Å². The summed E-state index contributed by atoms with van der Waals surface area (Å²) in [6.45, 7) is 6.04. The number of unbranched alkanes of at least 4 members (excludes halogenated alkanes) is 1. The van der Waals surface area contributed by atoms with Gasteiger partial charge in [0.25, 0.3) is 0 Å². The quantitative estimate of drug-likeness (QED) is 0.781. The molecule has 24 heavy (non-hydrogen) atoms. The van der Waals surface area contributed by atoms with Gasteiger partial charge in [-0.2, -0.15) is 0 Å². The molecule has 0 spiro atoms. The fraction of sp³-hybridized carbons (Fsp3) is 0.455. The van der Waals surface area contributed by atoms with Crippen molar-refractivity contribution in [3.8, 4) is 0 Å². The summed E-state index contributed by atoms with van der Waals surface area (Å²) in [4.78, 5) is 5.50. The topological polar surface area (TPSA) is 6.48 Å². The van der Waals surface area contributed by atoms with E-state index in [4.69, 9.17) is 0 Å². The fourth-order valence-electron chi connectivity index (χ4n) is 4.58. The van der Waals surface area contributed by atoms with Crippen molar-refractivity contribution in [3.63, 3.8) is 0 Å². The van der Waals surface area contributed by atoms with E-state index < -0.39 is 0 Å². The smallest absolute Gasteiger partial charge is 0.0605 e. The largest absolute Gasteiger partial charge is 0.297 e. The van der Waals surface area contributed by atoms with E-state index in [-0.39, 0.29) is 0 Å². The lowest BCUT2D eigenvalue weighted by Crippen LogP contribution is -2.48. The van der Waals surface area contributed by atoms with E-state index in [0.29, 0.717) is 12.1 Å². The maximum absolute atomic E-state index is 2.76. The minimum Gasteiger partial charge on any atom is -0.297 e. The van der Waals surface area contributed by atoms with E-state index in [0.717, 1.165) is 6.04 Å². The van der Waals surface area contributed by atoms with E-state index in [2.05, 4.69) is 77.4 Å². The van der Waals surface area contributed by atoms with E-state index >= 15 is 0 Å². The van der Waals surface area contributed by atoms with Crippen LogP contribution in [-0.2, 0) is 0 Å². The maximum atomic E-state index is 2.76. The van der Waals surface area contributed by atoms with Gasteiger partial charge in [0.1, 0.15) is 0 Å². The molecule has 2 aliphatic rings. The van der Waals surface area contributed by atoms with Gasteiger partial charge in [-0.25, -0.2) is 0 Å². The van der Waals surface area contributed by atoms with Crippen LogP contribution in [0.15, 0.2) is 60.7 Å². The number of fused-ring (bicyclic) bond motifs is 2. The molecule has 0 aromatic heterocycles. The molecule has 0 radical (unpaired) electrons. The molecule has 2 unspecified atom stereocenters. The van der Waals surface area contributed by atoms with Crippen molar-refractivity contribution in [1.29, 1.82) is 0 Å². The van der Waals surface area contributed by atoms with Crippen molar-refractivity contribution >= 4 is 0 Å². The van der Waals surface area contributed by atoms with Gasteiger partial charge in [-0.05, 0) is 30.5 Å². The summed E-state index contributed by atoms with van der Waals surface area (Å²) in [5.74, 6) is 0. The van der Waals surface area contributed by atoms with Gasteiger partial charge >= 0.3 is 0 Å². The standard InChI is InChI=1S/C22H28N2/c1-2-3-14-23-16-21-15-20(23)17-24(21)22(18-10-6-4-7-11-18)19-12-8-5-9-13-19/h4-13,20-22H,2-3,14-17H2,1H3. The van der Waals surface area contributed by atoms with Gasteiger partial charge in [0.15, 0.2) is 0 Å². The summed E-state index contributed by atoms with van der Waals surface area (Å²) in [6.07, 6.45) is 3.98. The fourth-order valence-corrected chi connectivity index (χ4v) is 4.58. The molecule has 2 aromatic carbocycles. The van der Waals surface area contributed by atoms with E-state index in [9.17, 15) is 0 Å². The van der Waals surface area contributed by atoms with Crippen LogP contribution in [-0.4, -0.2) is 41.5 Å². The Morgan fingerprint density at radius 1 is 0.875 bits per heavy atom. The highest BCUT2D eigenvalue weighted by Gasteiger charge is 2.45. The number of piperazine rings is 1. The minimum absolute atomic E-state index is 0.399. The first-order chi connectivity index (χ1) is 11.9. The summed E-state index contributed by atoms with van der Waals surface area (Å²) in [6, 6.07) is 24.0. The van der Waals surface area contributed by atoms with Crippen LogP contribution in [0.25, 0.3) is 0 Å². The molecule has 2 bridgehead atoms. The molecule has 4 rings (SSSR count). The van der Waals surface area contributed by atoms with Gasteiger partial charge in [-0.15, -0.1) is 0 Å². The second-order valence-corrected chi connectivity index (χ2v) is 7.31. The van der Waals surface area contributed by atoms with Crippen LogP contribution in [0.5, 0.6) is 0 Å². The predicted molar refractivity (Wildman–Crippen MR) is 100 cm³/mol. The third-order valence-electron chi connectivity index (χ3n) is 5.76. The van der Waals surface area contributed by atoms with Gasteiger partial charge in [-0.3, -0.25) is 9.80 Å². The number of benzene rings is 2. The maximum Gasteiger partial charge on any atom is 0.0605 e. The monoisotopic (exact) mass is 320 g/mol. The first-order valence-corrected chi connectivity index (χ1v) is 9.46. The molecule has 2 nitrogen and oxygen atoms in total. The molecule has 2 heterocycles. The molecule has 0 N–H and O–H groups in total. The molecule has 0 amide bonds. The Morgan fingerprint density at radius 3 is 2.00 bits per heavy atom. The molecule has 2 atom stereocenters. The Bertz CT molecular complexity index is 600. The highest BCUT2D eigenvalue weighted by Crippen LogP contribution is 2.39. The molecule has 0 aliphatic carbocycles. The Kier molecular flexibility index (Phi) is 4.68. The van der Waals surface area contributed by atoms with Gasteiger partial charge in [0.2, 0.25) is 0 Å². The van der Waals surface area contributed by atoms with Crippen molar-refractivity contribution in [2.24, 2.45) is 0 Å². The first kappa shape index (κ1) is 15.9. The van der Waals surface area contributed by atoms with Crippen molar-refractivity contribution in [2.75, 3.05) is 19.6 Å². The second kappa shape index (κ2) is 7.08. The summed E-state index contributed by atoms with van der Waals surface area (Å²) >= 11 is 0. The van der Waals surface area contributed by atoms with Gasteiger partial charge in [-0.1, -0.05) is 74.0 Å². The number of nitrogens with zero attached hydrogens (tertiary/aromatic N) is 2. The molecule has 2 aliphatic heterocycles. The highest BCUT2D eigenvalue weighted by atomic mass is 15.4. The van der Waals surface area contributed by atoms with E-state index in [1.54, 1.807) is 0 Å². The Balaban J connectivity index is 1.58. The molecular formula is C22H28N2. The van der Waals surface area contributed by atoms with Crippen LogP contribution in [0, 0.1) is 0 Å². The van der Waals surface area contributed by atoms with Gasteiger partial charge in [0, 0.05) is 25.2 Å². The van der Waals surface area contributed by atoms with E-state index in [1.807, 2.05) is 0 Å². The lowest BCUT2D eigenvalue weighted by atomic mass is 9.96. The number of hydrogen-bond donors (Lipinski definition) is 0. The van der Waals surface area contributed by atoms with Crippen LogP contribution >= 0.6 is 0 Å². The zero-order valence-corrected chi connectivity index (χ0v) is 14.6. The highest BCUT2D eigenvalue weighted by molar-refractivity contribution is 5.33. The summed E-state index contributed by atoms with van der Waals surface area (Å²) in [5.41, 5.74) is 2.85. The van der Waals surface area contributed by atoms with Gasteiger partial charge < -0.3 is 0 Å². The zero-order chi connectivity index (χ0) is 16.4. The first-order valence-electron chi connectivity index (χ1n) is 9.46. The minimum atomic E-state index is 0.399. The zero-order valence-electron chi connectivity index (χ0n) is 14.6. The Hall–Kier alpha value is -1.64. The second-order valence-electron chi connectivity index (χ2n) is 7.31. The summed E-state index contributed by atoms with van der Waals surface area (Å²) in [5, 5.41) is 0. The van der Waals surface area contributed by atoms with Crippen molar-refractivity contribution < 1.29 is 0 Å². The van der Waals surface area contributed by atoms with Crippen LogP contribution in [0.4, 0.5) is 0 Å². The Labute approximate surface area is 146 Å². The number of likely N-dealkylation sites (tertiary alicyclic amines) is 2. The predicted octanol–water partition coefficient (Wildman–Crippen LogP) is 4.33. The Morgan fingerprint density at radius 2 is 1.50 bits per heavy atom. The average molecular weight is 320 g/mol. The van der Waals surface area contributed by atoms with Crippen molar-refractivity contribution in [3.05, 3.63) is 71.8 Å². The van der Waals surface area contributed by atoms with Crippen LogP contribution < -0.4 is 0 Å². The normalized spacial score (nSPS) is 24.1. The molecule has 126 valence electrons. The SMILES string of the molecule is CCCCN1CC2CC1CN2C(c1ccccc1)c1ccccc1. The lowest BCUT2D eigenvalue weighted by Gasteiger charge is -2.39. The third-order valence-corrected chi connectivity index (χ3v) is 5.76. The molecule has 2 fully saturated rings. The van der Waals surface area contributed by atoms with Crippen LogP contribution in [0.1, 0.15) is 43.4 Å². The molecular weight excluding hydrogens is 292 g/mol. The molecule has 2 aromatic rings. The summed E-state index contributed by atoms with van der Waals surface area (Å²) in [7, 11) is 0. The van der Waals surface area contributed by atoms with Crippen molar-refractivity contribution in [1.82, 2.24) is 9.80 Å². The third kappa shape index (κ3) is 3.01. The van der Waals surface area contributed by atoms with E-state index in [1.165, 1.54) is 50.0 Å². The van der Waals surface area contributed by atoms with Crippen LogP contribution in [0.3, 0.4) is 0 Å². The molecule has 0 saturated carbocycles. The molecule has 2 saturated heterocycles. The summed E-state index contributed by atoms with van der Waals surface area (Å²) < 4.78 is 0. The average Bonchev–Trinajstić information content (AvgIpc) is 3.22. The van der Waals surface area contributed by atoms with Gasteiger partial charge in [0.05, 0.1) is 6.04 Å². The van der Waals surface area contributed by atoms with Crippen LogP contribution in [0.2, 0.25) is 0 Å². The molecule has 2 heteroatoms.